The number of rotatable bonds is 4. The van der Waals surface area contributed by atoms with Crippen LogP contribution in [0.4, 0.5) is 0 Å². The number of esters is 1. The Morgan fingerprint density at radius 1 is 1.20 bits per heavy atom. The van der Waals surface area contributed by atoms with E-state index in [2.05, 4.69) is 35.1 Å². The topological polar surface area (TPSA) is 72.1 Å². The van der Waals surface area contributed by atoms with Crippen LogP contribution in [0.5, 0.6) is 0 Å². The number of carbonyl (C=O) groups is 1. The van der Waals surface area contributed by atoms with Gasteiger partial charge in [0.15, 0.2) is 0 Å². The first-order valence-electron chi connectivity index (χ1n) is 7.79. The molecule has 0 aliphatic rings. The van der Waals surface area contributed by atoms with E-state index in [4.69, 9.17) is 4.74 Å². The van der Waals surface area contributed by atoms with Crippen molar-refractivity contribution in [2.75, 3.05) is 7.11 Å². The SMILES string of the molecule is COC(=O)c1ccc2c(=O)[nH]c(CSc3cc(C)ccc3C)nc2c1. The molecule has 25 heavy (non-hydrogen) atoms. The van der Waals surface area contributed by atoms with E-state index in [1.165, 1.54) is 18.2 Å². The first kappa shape index (κ1) is 17.2. The van der Waals surface area contributed by atoms with Crippen LogP contribution in [0.25, 0.3) is 10.9 Å². The minimum Gasteiger partial charge on any atom is -0.465 e. The quantitative estimate of drug-likeness (QED) is 0.572. The van der Waals surface area contributed by atoms with Gasteiger partial charge in [0.05, 0.1) is 29.3 Å². The predicted molar refractivity (Wildman–Crippen MR) is 99.2 cm³/mol. The molecule has 128 valence electrons. The smallest absolute Gasteiger partial charge is 0.337 e. The lowest BCUT2D eigenvalue weighted by molar-refractivity contribution is 0.0601. The van der Waals surface area contributed by atoms with Gasteiger partial charge in [-0.05, 0) is 43.7 Å². The van der Waals surface area contributed by atoms with E-state index in [0.29, 0.717) is 28.0 Å². The fourth-order valence-electron chi connectivity index (χ4n) is 2.51. The maximum absolute atomic E-state index is 12.3. The molecule has 0 amide bonds. The highest BCUT2D eigenvalue weighted by Crippen LogP contribution is 2.26. The van der Waals surface area contributed by atoms with Crippen LogP contribution in [0.1, 0.15) is 27.3 Å². The second kappa shape index (κ2) is 7.11. The fraction of sp³-hybridized carbons (Fsp3) is 0.211. The molecule has 0 bridgehead atoms. The van der Waals surface area contributed by atoms with Gasteiger partial charge in [-0.25, -0.2) is 9.78 Å². The zero-order chi connectivity index (χ0) is 18.0. The molecule has 6 heteroatoms. The van der Waals surface area contributed by atoms with Gasteiger partial charge in [-0.1, -0.05) is 17.7 Å². The molecule has 1 aromatic heterocycles. The van der Waals surface area contributed by atoms with Crippen LogP contribution >= 0.6 is 11.8 Å². The molecule has 5 nitrogen and oxygen atoms in total. The number of aromatic amines is 1. The molecule has 0 saturated heterocycles. The third-order valence-electron chi connectivity index (χ3n) is 3.88. The lowest BCUT2D eigenvalue weighted by Crippen LogP contribution is -2.12. The highest BCUT2D eigenvalue weighted by atomic mass is 32.2. The van der Waals surface area contributed by atoms with Gasteiger partial charge in [0.1, 0.15) is 5.82 Å². The third kappa shape index (κ3) is 3.74. The van der Waals surface area contributed by atoms with Crippen LogP contribution in [0.2, 0.25) is 0 Å². The summed E-state index contributed by atoms with van der Waals surface area (Å²) in [6.45, 7) is 4.11. The number of nitrogens with zero attached hydrogens (tertiary/aromatic N) is 1. The Bertz CT molecular complexity index is 1010. The number of hydrogen-bond donors (Lipinski definition) is 1. The Morgan fingerprint density at radius 3 is 2.76 bits per heavy atom. The molecule has 0 radical (unpaired) electrons. The summed E-state index contributed by atoms with van der Waals surface area (Å²) in [5.74, 6) is 0.665. The standard InChI is InChI=1S/C19H18N2O3S/c1-11-4-5-12(2)16(8-11)25-10-17-20-15-9-13(19(23)24-3)6-7-14(15)18(22)21-17/h4-9H,10H2,1-3H3,(H,20,21,22). The minimum atomic E-state index is -0.449. The van der Waals surface area contributed by atoms with Crippen LogP contribution in [0.3, 0.4) is 0 Å². The number of hydrogen-bond acceptors (Lipinski definition) is 5. The zero-order valence-corrected chi connectivity index (χ0v) is 15.1. The number of benzene rings is 2. The number of carbonyl (C=O) groups excluding carboxylic acids is 1. The monoisotopic (exact) mass is 354 g/mol. The van der Waals surface area contributed by atoms with Gasteiger partial charge >= 0.3 is 5.97 Å². The van der Waals surface area contributed by atoms with E-state index >= 15 is 0 Å². The minimum absolute atomic E-state index is 0.210. The summed E-state index contributed by atoms with van der Waals surface area (Å²) < 4.78 is 4.72. The summed E-state index contributed by atoms with van der Waals surface area (Å²) >= 11 is 1.62. The van der Waals surface area contributed by atoms with Gasteiger partial charge in [0.2, 0.25) is 0 Å². The van der Waals surface area contributed by atoms with Gasteiger partial charge < -0.3 is 9.72 Å². The molecule has 2 aromatic carbocycles. The van der Waals surface area contributed by atoms with E-state index in [0.717, 1.165) is 4.90 Å². The Labute approximate surface area is 149 Å². The van der Waals surface area contributed by atoms with Crippen LogP contribution in [0, 0.1) is 13.8 Å². The molecule has 0 spiro atoms. The van der Waals surface area contributed by atoms with Crippen molar-refractivity contribution in [1.82, 2.24) is 9.97 Å². The first-order chi connectivity index (χ1) is 12.0. The summed E-state index contributed by atoms with van der Waals surface area (Å²) in [4.78, 5) is 32.4. The van der Waals surface area contributed by atoms with E-state index in [1.54, 1.807) is 30.0 Å². The van der Waals surface area contributed by atoms with Crippen molar-refractivity contribution in [2.24, 2.45) is 0 Å². The van der Waals surface area contributed by atoms with E-state index < -0.39 is 5.97 Å². The van der Waals surface area contributed by atoms with Gasteiger partial charge in [0.25, 0.3) is 5.56 Å². The van der Waals surface area contributed by atoms with Crippen molar-refractivity contribution < 1.29 is 9.53 Å². The maximum atomic E-state index is 12.3. The summed E-state index contributed by atoms with van der Waals surface area (Å²) in [5.41, 5.74) is 3.03. The highest BCUT2D eigenvalue weighted by Gasteiger charge is 2.10. The first-order valence-corrected chi connectivity index (χ1v) is 8.78. The van der Waals surface area contributed by atoms with E-state index in [-0.39, 0.29) is 5.56 Å². The molecule has 0 saturated carbocycles. The molecule has 3 aromatic rings. The Morgan fingerprint density at radius 2 is 2.00 bits per heavy atom. The summed E-state index contributed by atoms with van der Waals surface area (Å²) in [5, 5.41) is 0.452. The van der Waals surface area contributed by atoms with Crippen molar-refractivity contribution in [3.05, 3.63) is 69.3 Å². The number of aryl methyl sites for hydroxylation is 2. The van der Waals surface area contributed by atoms with Crippen LogP contribution in [-0.4, -0.2) is 23.0 Å². The highest BCUT2D eigenvalue weighted by molar-refractivity contribution is 7.98. The van der Waals surface area contributed by atoms with Crippen molar-refractivity contribution >= 4 is 28.6 Å². The number of thioether (sulfide) groups is 1. The van der Waals surface area contributed by atoms with Crippen molar-refractivity contribution in [2.45, 2.75) is 24.5 Å². The van der Waals surface area contributed by atoms with E-state index in [9.17, 15) is 9.59 Å². The molecule has 1 N–H and O–H groups in total. The molecule has 3 rings (SSSR count). The second-order valence-electron chi connectivity index (χ2n) is 5.79. The molecule has 0 unspecified atom stereocenters. The average Bonchev–Trinajstić information content (AvgIpc) is 2.61. The van der Waals surface area contributed by atoms with Crippen LogP contribution < -0.4 is 5.56 Å². The average molecular weight is 354 g/mol. The molecule has 0 fully saturated rings. The molecule has 0 atom stereocenters. The lowest BCUT2D eigenvalue weighted by Gasteiger charge is -2.07. The molecule has 1 heterocycles. The zero-order valence-electron chi connectivity index (χ0n) is 14.3. The second-order valence-corrected chi connectivity index (χ2v) is 6.81. The molecule has 0 aliphatic heterocycles. The third-order valence-corrected chi connectivity index (χ3v) is 5.05. The summed E-state index contributed by atoms with van der Waals surface area (Å²) in [7, 11) is 1.32. The van der Waals surface area contributed by atoms with Crippen molar-refractivity contribution in [1.29, 1.82) is 0 Å². The Balaban J connectivity index is 1.92. The fourth-order valence-corrected chi connectivity index (χ4v) is 3.50. The number of aromatic nitrogens is 2. The molecule has 0 aliphatic carbocycles. The Kier molecular flexibility index (Phi) is 4.90. The number of fused-ring (bicyclic) bond motifs is 1. The van der Waals surface area contributed by atoms with Gasteiger partial charge in [-0.2, -0.15) is 0 Å². The number of H-pyrrole nitrogens is 1. The molecular formula is C19H18N2O3S. The van der Waals surface area contributed by atoms with Crippen LogP contribution in [0.15, 0.2) is 46.1 Å². The maximum Gasteiger partial charge on any atom is 0.337 e. The Hall–Kier alpha value is -2.60. The largest absolute Gasteiger partial charge is 0.465 e. The van der Waals surface area contributed by atoms with Crippen molar-refractivity contribution in [3.63, 3.8) is 0 Å². The van der Waals surface area contributed by atoms with Crippen LogP contribution in [-0.2, 0) is 10.5 Å². The predicted octanol–water partition coefficient (Wildman–Crippen LogP) is 3.62. The van der Waals surface area contributed by atoms with E-state index in [1.807, 2.05) is 6.92 Å². The number of nitrogens with one attached hydrogen (secondary N) is 1. The van der Waals surface area contributed by atoms with Gasteiger partial charge in [0, 0.05) is 4.90 Å². The number of ether oxygens (including phenoxy) is 1. The summed E-state index contributed by atoms with van der Waals surface area (Å²) in [6, 6.07) is 11.0. The van der Waals surface area contributed by atoms with Crippen molar-refractivity contribution in [3.8, 4) is 0 Å². The number of methoxy groups -OCH3 is 1. The van der Waals surface area contributed by atoms with Gasteiger partial charge in [-0.3, -0.25) is 4.79 Å². The summed E-state index contributed by atoms with van der Waals surface area (Å²) in [6.07, 6.45) is 0. The lowest BCUT2D eigenvalue weighted by atomic mass is 10.1. The normalized spacial score (nSPS) is 10.8. The van der Waals surface area contributed by atoms with Gasteiger partial charge in [-0.15, -0.1) is 11.8 Å². The molecular weight excluding hydrogens is 336 g/mol.